The maximum atomic E-state index is 11.9. The van der Waals surface area contributed by atoms with Crippen LogP contribution in [-0.2, 0) is 17.6 Å². The molecule has 4 amide bonds. The molecule has 1 aromatic heterocycles. The lowest BCUT2D eigenvalue weighted by atomic mass is 10.1. The number of nitrogens with one attached hydrogen (secondary N) is 3. The normalized spacial score (nSPS) is 15.7. The summed E-state index contributed by atoms with van der Waals surface area (Å²) in [5.74, 6) is 0.920. The highest BCUT2D eigenvalue weighted by Crippen LogP contribution is 2.23. The molecule has 8 nitrogen and oxygen atoms in total. The predicted molar refractivity (Wildman–Crippen MR) is 111 cm³/mol. The van der Waals surface area contributed by atoms with Crippen LogP contribution in [0.5, 0.6) is 5.75 Å². The summed E-state index contributed by atoms with van der Waals surface area (Å²) in [4.78, 5) is 38.8. The molecule has 1 fully saturated rings. The zero-order valence-electron chi connectivity index (χ0n) is 15.9. The molecular weight excluding hydrogens is 392 g/mol. The number of benzene rings is 1. The number of aryl methyl sites for hydroxylation is 1. The van der Waals surface area contributed by atoms with Crippen molar-refractivity contribution in [3.8, 4) is 5.75 Å². The van der Waals surface area contributed by atoms with E-state index in [1.165, 1.54) is 0 Å². The lowest BCUT2D eigenvalue weighted by molar-refractivity contribution is -0.118. The van der Waals surface area contributed by atoms with E-state index < -0.39 is 0 Å². The molecule has 1 unspecified atom stereocenters. The highest BCUT2D eigenvalue weighted by molar-refractivity contribution is 8.15. The second-order valence-corrected chi connectivity index (χ2v) is 7.54. The Hall–Kier alpha value is -3.07. The highest BCUT2D eigenvalue weighted by Gasteiger charge is 2.31. The average Bonchev–Trinajstić information content (AvgIpc) is 3.03. The molecule has 0 radical (unpaired) electrons. The van der Waals surface area contributed by atoms with Gasteiger partial charge in [-0.1, -0.05) is 30.8 Å². The maximum Gasteiger partial charge on any atom is 0.320 e. The quantitative estimate of drug-likeness (QED) is 0.573. The first-order valence-corrected chi connectivity index (χ1v) is 10.1. The van der Waals surface area contributed by atoms with Gasteiger partial charge >= 0.3 is 6.03 Å². The predicted octanol–water partition coefficient (Wildman–Crippen LogP) is 2.74. The van der Waals surface area contributed by atoms with Gasteiger partial charge in [0, 0.05) is 6.20 Å². The van der Waals surface area contributed by atoms with Gasteiger partial charge in [-0.3, -0.25) is 20.2 Å². The third kappa shape index (κ3) is 6.21. The van der Waals surface area contributed by atoms with Crippen LogP contribution in [0.25, 0.3) is 0 Å². The number of hydrogen-bond acceptors (Lipinski definition) is 6. The smallest absolute Gasteiger partial charge is 0.320 e. The van der Waals surface area contributed by atoms with Crippen molar-refractivity contribution in [1.82, 2.24) is 15.6 Å². The standard InChI is InChI=1S/C20H22N4O4S/c1-2-13-7-8-21-17(12-13)23-19(26)22-9-10-28-15-5-3-14(4-6-15)11-16-18(25)24-20(27)29-16/h3-8,12,16H,2,9-11H2,1H3,(H,24,25,27)(H2,21,22,23,26). The Kier molecular flexibility index (Phi) is 7.07. The van der Waals surface area contributed by atoms with Crippen molar-refractivity contribution >= 4 is 34.8 Å². The van der Waals surface area contributed by atoms with E-state index >= 15 is 0 Å². The van der Waals surface area contributed by atoms with Gasteiger partial charge in [0.05, 0.1) is 11.8 Å². The fourth-order valence-electron chi connectivity index (χ4n) is 2.72. The van der Waals surface area contributed by atoms with Gasteiger partial charge in [0.15, 0.2) is 0 Å². The first-order chi connectivity index (χ1) is 14.0. The molecule has 3 rings (SSSR count). The van der Waals surface area contributed by atoms with Gasteiger partial charge < -0.3 is 10.1 Å². The van der Waals surface area contributed by atoms with Crippen LogP contribution in [0.1, 0.15) is 18.1 Å². The largest absolute Gasteiger partial charge is 0.492 e. The molecule has 9 heteroatoms. The summed E-state index contributed by atoms with van der Waals surface area (Å²) < 4.78 is 5.61. The van der Waals surface area contributed by atoms with E-state index in [0.717, 1.165) is 29.3 Å². The minimum absolute atomic E-state index is 0.249. The fourth-order valence-corrected chi connectivity index (χ4v) is 3.58. The highest BCUT2D eigenvalue weighted by atomic mass is 32.2. The summed E-state index contributed by atoms with van der Waals surface area (Å²) in [5, 5.41) is 7.00. The Morgan fingerprint density at radius 3 is 2.69 bits per heavy atom. The number of carbonyl (C=O) groups excluding carboxylic acids is 3. The van der Waals surface area contributed by atoms with E-state index in [-0.39, 0.29) is 22.4 Å². The number of pyridine rings is 1. The molecule has 0 aliphatic carbocycles. The zero-order valence-corrected chi connectivity index (χ0v) is 16.8. The lowest BCUT2D eigenvalue weighted by Gasteiger charge is -2.10. The molecule has 2 aromatic rings. The van der Waals surface area contributed by atoms with Crippen molar-refractivity contribution in [3.63, 3.8) is 0 Å². The minimum Gasteiger partial charge on any atom is -0.492 e. The summed E-state index contributed by atoms with van der Waals surface area (Å²) in [5.41, 5.74) is 2.04. The Morgan fingerprint density at radius 1 is 1.21 bits per heavy atom. The fraction of sp³-hybridized carbons (Fsp3) is 0.300. The molecular formula is C20H22N4O4S. The zero-order chi connectivity index (χ0) is 20.6. The molecule has 1 aliphatic heterocycles. The van der Waals surface area contributed by atoms with Gasteiger partial charge in [0.25, 0.3) is 5.24 Å². The molecule has 0 saturated carbocycles. The molecule has 1 aliphatic rings. The Morgan fingerprint density at radius 2 is 2.00 bits per heavy atom. The van der Waals surface area contributed by atoms with Gasteiger partial charge in [-0.2, -0.15) is 0 Å². The lowest BCUT2D eigenvalue weighted by Crippen LogP contribution is -2.32. The van der Waals surface area contributed by atoms with Crippen molar-refractivity contribution in [2.75, 3.05) is 18.5 Å². The van der Waals surface area contributed by atoms with Gasteiger partial charge in [0.2, 0.25) is 5.91 Å². The number of carbonyl (C=O) groups is 3. The van der Waals surface area contributed by atoms with Gasteiger partial charge in [-0.05, 0) is 48.2 Å². The number of anilines is 1. The van der Waals surface area contributed by atoms with Crippen molar-refractivity contribution < 1.29 is 19.1 Å². The number of ether oxygens (including phenoxy) is 1. The molecule has 3 N–H and O–H groups in total. The Balaban J connectivity index is 1.37. The second kappa shape index (κ2) is 9.92. The first-order valence-electron chi connectivity index (χ1n) is 9.26. The van der Waals surface area contributed by atoms with Crippen molar-refractivity contribution in [3.05, 3.63) is 53.7 Å². The van der Waals surface area contributed by atoms with E-state index in [1.54, 1.807) is 18.3 Å². The maximum absolute atomic E-state index is 11.9. The van der Waals surface area contributed by atoms with E-state index in [4.69, 9.17) is 4.74 Å². The molecule has 0 bridgehead atoms. The number of thioether (sulfide) groups is 1. The van der Waals surface area contributed by atoms with Crippen LogP contribution in [0.4, 0.5) is 15.4 Å². The second-order valence-electron chi connectivity index (χ2n) is 6.36. The Labute approximate surface area is 172 Å². The summed E-state index contributed by atoms with van der Waals surface area (Å²) in [6.45, 7) is 2.68. The summed E-state index contributed by atoms with van der Waals surface area (Å²) >= 11 is 1.01. The van der Waals surface area contributed by atoms with Crippen LogP contribution in [0.15, 0.2) is 42.6 Å². The van der Waals surface area contributed by atoms with E-state index in [2.05, 4.69) is 20.9 Å². The topological polar surface area (TPSA) is 109 Å². The van der Waals surface area contributed by atoms with Crippen LogP contribution in [0.2, 0.25) is 0 Å². The van der Waals surface area contributed by atoms with Crippen LogP contribution in [0.3, 0.4) is 0 Å². The number of aromatic nitrogens is 1. The summed E-state index contributed by atoms with van der Waals surface area (Å²) in [6, 6.07) is 10.7. The van der Waals surface area contributed by atoms with E-state index in [1.807, 2.05) is 31.2 Å². The Bertz CT molecular complexity index is 888. The molecule has 0 spiro atoms. The molecule has 152 valence electrons. The van der Waals surface area contributed by atoms with E-state index in [0.29, 0.717) is 31.1 Å². The van der Waals surface area contributed by atoms with Gasteiger partial charge in [0.1, 0.15) is 18.2 Å². The van der Waals surface area contributed by atoms with Gasteiger partial charge in [-0.25, -0.2) is 9.78 Å². The first kappa shape index (κ1) is 20.7. The minimum atomic E-state index is -0.385. The van der Waals surface area contributed by atoms with E-state index in [9.17, 15) is 14.4 Å². The van der Waals surface area contributed by atoms with Crippen molar-refractivity contribution in [2.24, 2.45) is 0 Å². The number of urea groups is 1. The third-order valence-corrected chi connectivity index (χ3v) is 5.22. The third-order valence-electron chi connectivity index (χ3n) is 4.24. The molecule has 2 heterocycles. The average molecular weight is 414 g/mol. The number of imide groups is 1. The summed E-state index contributed by atoms with van der Waals surface area (Å²) in [6.07, 6.45) is 3.02. The molecule has 29 heavy (non-hydrogen) atoms. The number of hydrogen-bond donors (Lipinski definition) is 3. The molecule has 1 atom stereocenters. The molecule has 1 saturated heterocycles. The van der Waals surface area contributed by atoms with Crippen molar-refractivity contribution in [2.45, 2.75) is 25.0 Å². The number of amides is 4. The number of nitrogens with zero attached hydrogens (tertiary/aromatic N) is 1. The van der Waals surface area contributed by atoms with Crippen LogP contribution in [0, 0.1) is 0 Å². The SMILES string of the molecule is CCc1ccnc(NC(=O)NCCOc2ccc(CC3SC(=O)NC3=O)cc2)c1. The van der Waals surface area contributed by atoms with Crippen LogP contribution >= 0.6 is 11.8 Å². The van der Waals surface area contributed by atoms with Crippen LogP contribution < -0.4 is 20.7 Å². The van der Waals surface area contributed by atoms with Crippen LogP contribution in [-0.4, -0.2) is 40.6 Å². The van der Waals surface area contributed by atoms with Crippen molar-refractivity contribution in [1.29, 1.82) is 0 Å². The monoisotopic (exact) mass is 414 g/mol. The number of rotatable bonds is 8. The van der Waals surface area contributed by atoms with Gasteiger partial charge in [-0.15, -0.1) is 0 Å². The molecule has 1 aromatic carbocycles. The summed E-state index contributed by atoms with van der Waals surface area (Å²) in [7, 11) is 0.